The zero-order valence-corrected chi connectivity index (χ0v) is 20.6. The Hall–Kier alpha value is -2.97. The molecular formula is C20H30BBrN6O6. The van der Waals surface area contributed by atoms with E-state index in [-0.39, 0.29) is 31.3 Å². The number of hydrazine groups is 1. The van der Waals surface area contributed by atoms with Gasteiger partial charge < -0.3 is 26.4 Å². The van der Waals surface area contributed by atoms with E-state index in [0.717, 1.165) is 10.0 Å². The summed E-state index contributed by atoms with van der Waals surface area (Å²) in [6.45, 7) is 3.81. The molecule has 0 heterocycles. The highest BCUT2D eigenvalue weighted by atomic mass is 79.9. The number of hydrogen-bond acceptors (Lipinski definition) is 7. The van der Waals surface area contributed by atoms with Gasteiger partial charge in [0.15, 0.2) is 5.03 Å². The van der Waals surface area contributed by atoms with Crippen LogP contribution in [0.2, 0.25) is 0 Å². The third-order valence-corrected chi connectivity index (χ3v) is 5.23. The minimum absolute atomic E-state index is 0.0666. The summed E-state index contributed by atoms with van der Waals surface area (Å²) in [5.41, 5.74) is 7.84. The van der Waals surface area contributed by atoms with Gasteiger partial charge in [0.05, 0.1) is 5.94 Å². The first-order valence-corrected chi connectivity index (χ1v) is 11.4. The molecule has 1 rings (SSSR count). The third kappa shape index (κ3) is 11.8. The van der Waals surface area contributed by atoms with Crippen molar-refractivity contribution >= 4 is 46.9 Å². The van der Waals surface area contributed by atoms with Crippen molar-refractivity contribution in [3.05, 3.63) is 50.5 Å². The summed E-state index contributed by atoms with van der Waals surface area (Å²) in [5.74, 6) is -2.34. The SMILES string of the molecule is CC(C)C[C@H](NC(=O)[C@H](CCCN=C(N)N[N+](=O)[O-])NC(=O)/C=C/c1ccccc1Br)B(O)O. The number of hydrogen-bond donors (Lipinski definition) is 6. The molecule has 0 saturated carbocycles. The fraction of sp³-hybridized carbons (Fsp3) is 0.450. The second kappa shape index (κ2) is 15.0. The molecule has 2 amide bonds. The van der Waals surface area contributed by atoms with E-state index in [1.54, 1.807) is 17.6 Å². The first-order chi connectivity index (χ1) is 16.0. The van der Waals surface area contributed by atoms with Gasteiger partial charge in [-0.2, -0.15) is 0 Å². The Morgan fingerprint density at radius 1 is 1.29 bits per heavy atom. The minimum Gasteiger partial charge on any atom is -0.426 e. The van der Waals surface area contributed by atoms with Crippen molar-refractivity contribution in [3.63, 3.8) is 0 Å². The predicted molar refractivity (Wildman–Crippen MR) is 133 cm³/mol. The van der Waals surface area contributed by atoms with Crippen molar-refractivity contribution < 1.29 is 24.7 Å². The van der Waals surface area contributed by atoms with Crippen molar-refractivity contribution in [1.82, 2.24) is 16.1 Å². The maximum Gasteiger partial charge on any atom is 0.475 e. The van der Waals surface area contributed by atoms with Crippen molar-refractivity contribution in [2.75, 3.05) is 6.54 Å². The maximum absolute atomic E-state index is 12.8. The molecule has 34 heavy (non-hydrogen) atoms. The molecule has 2 atom stereocenters. The Morgan fingerprint density at radius 3 is 2.56 bits per heavy atom. The predicted octanol–water partition coefficient (Wildman–Crippen LogP) is 0.366. The van der Waals surface area contributed by atoms with Crippen LogP contribution < -0.4 is 21.8 Å². The van der Waals surface area contributed by atoms with Gasteiger partial charge in [-0.15, -0.1) is 0 Å². The van der Waals surface area contributed by atoms with E-state index in [1.165, 1.54) is 6.08 Å². The zero-order valence-electron chi connectivity index (χ0n) is 19.0. The lowest BCUT2D eigenvalue weighted by molar-refractivity contribution is -0.525. The molecule has 0 aliphatic carbocycles. The molecule has 0 radical (unpaired) electrons. The molecule has 0 aliphatic rings. The molecule has 186 valence electrons. The normalized spacial score (nSPS) is 13.4. The van der Waals surface area contributed by atoms with Crippen molar-refractivity contribution in [3.8, 4) is 0 Å². The fourth-order valence-electron chi connectivity index (χ4n) is 2.93. The van der Waals surface area contributed by atoms with Crippen LogP contribution in [0.25, 0.3) is 6.08 Å². The summed E-state index contributed by atoms with van der Waals surface area (Å²) in [4.78, 5) is 39.5. The van der Waals surface area contributed by atoms with Crippen LogP contribution in [-0.4, -0.2) is 58.5 Å². The molecule has 0 fully saturated rings. The molecule has 0 spiro atoms. The summed E-state index contributed by atoms with van der Waals surface area (Å²) in [7, 11) is -1.77. The lowest BCUT2D eigenvalue weighted by Gasteiger charge is -2.23. The molecule has 0 saturated heterocycles. The van der Waals surface area contributed by atoms with Gasteiger partial charge in [-0.05, 0) is 42.9 Å². The summed E-state index contributed by atoms with van der Waals surface area (Å²) in [6, 6.07) is 6.26. The van der Waals surface area contributed by atoms with Gasteiger partial charge in [-0.25, -0.2) is 15.1 Å². The van der Waals surface area contributed by atoms with Gasteiger partial charge >= 0.3 is 7.12 Å². The monoisotopic (exact) mass is 540 g/mol. The van der Waals surface area contributed by atoms with E-state index in [9.17, 15) is 29.8 Å². The number of nitrogens with zero attached hydrogens (tertiary/aromatic N) is 2. The molecule has 7 N–H and O–H groups in total. The van der Waals surface area contributed by atoms with Crippen molar-refractivity contribution in [1.29, 1.82) is 0 Å². The van der Waals surface area contributed by atoms with Crippen LogP contribution in [0.1, 0.15) is 38.7 Å². The van der Waals surface area contributed by atoms with Gasteiger partial charge in [0.2, 0.25) is 11.8 Å². The van der Waals surface area contributed by atoms with Crippen LogP contribution in [0.4, 0.5) is 0 Å². The van der Waals surface area contributed by atoms with Crippen LogP contribution in [0.15, 0.2) is 39.8 Å². The number of aliphatic imine (C=N–C) groups is 1. The topological polar surface area (TPSA) is 192 Å². The smallest absolute Gasteiger partial charge is 0.426 e. The summed E-state index contributed by atoms with van der Waals surface area (Å²) >= 11 is 3.38. The van der Waals surface area contributed by atoms with Gasteiger partial charge in [0.1, 0.15) is 6.04 Å². The van der Waals surface area contributed by atoms with Crippen molar-refractivity contribution in [2.45, 2.75) is 45.1 Å². The van der Waals surface area contributed by atoms with E-state index < -0.39 is 35.9 Å². The van der Waals surface area contributed by atoms with E-state index in [2.05, 4.69) is 31.6 Å². The number of nitrogens with two attached hydrogens (primary N) is 1. The average molecular weight is 541 g/mol. The maximum atomic E-state index is 12.8. The fourth-order valence-corrected chi connectivity index (χ4v) is 3.35. The number of carbonyl (C=O) groups excluding carboxylic acids is 2. The first-order valence-electron chi connectivity index (χ1n) is 10.6. The van der Waals surface area contributed by atoms with Gasteiger partial charge in [0, 0.05) is 17.1 Å². The Kier molecular flexibility index (Phi) is 12.9. The van der Waals surface area contributed by atoms with E-state index in [4.69, 9.17) is 5.73 Å². The zero-order chi connectivity index (χ0) is 25.7. The number of benzene rings is 1. The van der Waals surface area contributed by atoms with E-state index in [1.807, 2.05) is 32.0 Å². The number of carbonyl (C=O) groups is 2. The molecule has 1 aromatic rings. The van der Waals surface area contributed by atoms with E-state index >= 15 is 0 Å². The number of halogens is 1. The van der Waals surface area contributed by atoms with Crippen LogP contribution in [0.5, 0.6) is 0 Å². The molecule has 12 nitrogen and oxygen atoms in total. The quantitative estimate of drug-likeness (QED) is 0.0392. The number of nitro groups is 1. The highest BCUT2D eigenvalue weighted by Crippen LogP contribution is 2.17. The Balaban J connectivity index is 2.88. The summed E-state index contributed by atoms with van der Waals surface area (Å²) in [5, 5.41) is 33.9. The second-order valence-electron chi connectivity index (χ2n) is 7.85. The van der Waals surface area contributed by atoms with E-state index in [0.29, 0.717) is 6.42 Å². The molecule has 1 aromatic carbocycles. The number of guanidine groups is 1. The molecule has 0 bridgehead atoms. The lowest BCUT2D eigenvalue weighted by atomic mass is 9.75. The van der Waals surface area contributed by atoms with Crippen LogP contribution in [-0.2, 0) is 9.59 Å². The van der Waals surface area contributed by atoms with Crippen molar-refractivity contribution in [2.24, 2.45) is 16.6 Å². The molecule has 0 aromatic heterocycles. The van der Waals surface area contributed by atoms with Crippen LogP contribution >= 0.6 is 15.9 Å². The minimum atomic E-state index is -1.77. The Bertz CT molecular complexity index is 898. The van der Waals surface area contributed by atoms with Gasteiger partial charge in [-0.1, -0.05) is 53.4 Å². The number of nitrogens with one attached hydrogen (secondary N) is 3. The summed E-state index contributed by atoms with van der Waals surface area (Å²) in [6.07, 6.45) is 3.58. The molecule has 0 aliphatic heterocycles. The molecular weight excluding hydrogens is 511 g/mol. The highest BCUT2D eigenvalue weighted by molar-refractivity contribution is 9.10. The van der Waals surface area contributed by atoms with Crippen LogP contribution in [0.3, 0.4) is 0 Å². The molecule has 14 heteroatoms. The van der Waals surface area contributed by atoms with Gasteiger partial charge in [0.25, 0.3) is 5.96 Å². The lowest BCUT2D eigenvalue weighted by Crippen LogP contribution is -2.54. The average Bonchev–Trinajstić information content (AvgIpc) is 2.73. The Labute approximate surface area is 206 Å². The highest BCUT2D eigenvalue weighted by Gasteiger charge is 2.29. The third-order valence-electron chi connectivity index (χ3n) is 4.50. The first kappa shape index (κ1) is 29.1. The number of rotatable bonds is 13. The van der Waals surface area contributed by atoms with Crippen LogP contribution in [0, 0.1) is 16.0 Å². The summed E-state index contributed by atoms with van der Waals surface area (Å²) < 4.78 is 0.792. The largest absolute Gasteiger partial charge is 0.475 e. The standard InChI is InChI=1S/C20H30BBrN6O6/c1-13(2)12-17(21(31)32)26-19(30)16(8-5-11-24-20(23)27-28(33)34)25-18(29)10-9-14-6-3-4-7-15(14)22/h3-4,6-7,9-10,13,16-17,31-32H,5,8,11-12H2,1-2H3,(H,25,29)(H,26,30)(H3,23,24,27)/b10-9+/t16-,17-/m0/s1. The second-order valence-corrected chi connectivity index (χ2v) is 8.71. The Morgan fingerprint density at radius 2 is 1.97 bits per heavy atom. The molecule has 0 unspecified atom stereocenters. The number of amides is 2. The van der Waals surface area contributed by atoms with Gasteiger partial charge in [-0.3, -0.25) is 9.59 Å².